The zero-order chi connectivity index (χ0) is 15.1. The largest absolute Gasteiger partial charge is 0.484 e. The van der Waals surface area contributed by atoms with Crippen LogP contribution in [0.5, 0.6) is 5.75 Å². The van der Waals surface area contributed by atoms with Gasteiger partial charge in [-0.25, -0.2) is 0 Å². The summed E-state index contributed by atoms with van der Waals surface area (Å²) in [5.74, 6) is 1.27. The van der Waals surface area contributed by atoms with E-state index in [2.05, 4.69) is 10.6 Å². The molecule has 0 aromatic heterocycles. The topological polar surface area (TPSA) is 50.4 Å². The third-order valence-corrected chi connectivity index (χ3v) is 4.20. The Balaban J connectivity index is 0.00000242. The van der Waals surface area contributed by atoms with E-state index in [1.807, 2.05) is 13.0 Å². The SMILES string of the molecule is Cc1cc(OCC(=O)NCCC2CCCNC2)ccc1Cl.Cl. The number of rotatable bonds is 6. The fourth-order valence-corrected chi connectivity index (χ4v) is 2.61. The van der Waals surface area contributed by atoms with Crippen molar-refractivity contribution in [3.63, 3.8) is 0 Å². The van der Waals surface area contributed by atoms with Gasteiger partial charge in [0.05, 0.1) is 0 Å². The first-order chi connectivity index (χ1) is 10.1. The molecule has 1 aliphatic heterocycles. The Kier molecular flexibility index (Phi) is 8.61. The summed E-state index contributed by atoms with van der Waals surface area (Å²) in [5.41, 5.74) is 0.944. The summed E-state index contributed by atoms with van der Waals surface area (Å²) in [4.78, 5) is 11.7. The van der Waals surface area contributed by atoms with Crippen LogP contribution in [-0.2, 0) is 4.79 Å². The van der Waals surface area contributed by atoms with Crippen molar-refractivity contribution in [2.45, 2.75) is 26.2 Å². The molecule has 1 unspecified atom stereocenters. The summed E-state index contributed by atoms with van der Waals surface area (Å²) in [6, 6.07) is 5.39. The van der Waals surface area contributed by atoms with Gasteiger partial charge in [0.15, 0.2) is 6.61 Å². The number of aryl methyl sites for hydroxylation is 1. The maximum Gasteiger partial charge on any atom is 0.257 e. The molecule has 0 radical (unpaired) electrons. The molecule has 22 heavy (non-hydrogen) atoms. The minimum atomic E-state index is -0.0774. The van der Waals surface area contributed by atoms with Gasteiger partial charge in [-0.05, 0) is 69.0 Å². The molecule has 0 saturated carbocycles. The molecule has 0 aliphatic carbocycles. The van der Waals surface area contributed by atoms with E-state index in [0.717, 1.165) is 25.1 Å². The van der Waals surface area contributed by atoms with Crippen molar-refractivity contribution in [1.29, 1.82) is 0 Å². The second-order valence-corrected chi connectivity index (χ2v) is 5.96. The molecule has 1 aromatic rings. The van der Waals surface area contributed by atoms with Crippen molar-refractivity contribution in [3.05, 3.63) is 28.8 Å². The van der Waals surface area contributed by atoms with Crippen molar-refractivity contribution < 1.29 is 9.53 Å². The first-order valence-electron chi connectivity index (χ1n) is 7.51. The molecule has 124 valence electrons. The van der Waals surface area contributed by atoms with Gasteiger partial charge in [0, 0.05) is 11.6 Å². The highest BCUT2D eigenvalue weighted by molar-refractivity contribution is 6.31. The number of amides is 1. The minimum absolute atomic E-state index is 0. The van der Waals surface area contributed by atoms with Crippen LogP contribution >= 0.6 is 24.0 Å². The predicted octanol–water partition coefficient (Wildman–Crippen LogP) is 2.95. The molecule has 1 fully saturated rings. The number of nitrogens with one attached hydrogen (secondary N) is 2. The predicted molar refractivity (Wildman–Crippen MR) is 92.2 cm³/mol. The van der Waals surface area contributed by atoms with Gasteiger partial charge in [0.25, 0.3) is 5.91 Å². The van der Waals surface area contributed by atoms with Crippen molar-refractivity contribution in [1.82, 2.24) is 10.6 Å². The van der Waals surface area contributed by atoms with Gasteiger partial charge < -0.3 is 15.4 Å². The van der Waals surface area contributed by atoms with E-state index in [4.69, 9.17) is 16.3 Å². The highest BCUT2D eigenvalue weighted by Gasteiger charge is 2.12. The molecule has 0 spiro atoms. The van der Waals surface area contributed by atoms with Crippen LogP contribution in [0.3, 0.4) is 0 Å². The van der Waals surface area contributed by atoms with Gasteiger partial charge >= 0.3 is 0 Å². The zero-order valence-corrected chi connectivity index (χ0v) is 14.4. The van der Waals surface area contributed by atoms with Gasteiger partial charge in [-0.1, -0.05) is 11.6 Å². The second-order valence-electron chi connectivity index (χ2n) is 5.55. The minimum Gasteiger partial charge on any atom is -0.484 e. The van der Waals surface area contributed by atoms with Crippen molar-refractivity contribution in [3.8, 4) is 5.75 Å². The van der Waals surface area contributed by atoms with E-state index in [1.54, 1.807) is 12.1 Å². The molecule has 2 N–H and O–H groups in total. The first-order valence-corrected chi connectivity index (χ1v) is 7.89. The van der Waals surface area contributed by atoms with Crippen LogP contribution in [-0.4, -0.2) is 32.1 Å². The number of hydrogen-bond acceptors (Lipinski definition) is 3. The number of piperidine rings is 1. The second kappa shape index (κ2) is 9.93. The van der Waals surface area contributed by atoms with E-state index in [-0.39, 0.29) is 24.9 Å². The Bertz CT molecular complexity index is 477. The van der Waals surface area contributed by atoms with Crippen molar-refractivity contribution in [2.24, 2.45) is 5.92 Å². The number of carbonyl (C=O) groups excluding carboxylic acids is 1. The third-order valence-electron chi connectivity index (χ3n) is 3.77. The lowest BCUT2D eigenvalue weighted by Gasteiger charge is -2.22. The lowest BCUT2D eigenvalue weighted by molar-refractivity contribution is -0.123. The van der Waals surface area contributed by atoms with Crippen LogP contribution < -0.4 is 15.4 Å². The molecule has 1 aliphatic rings. The van der Waals surface area contributed by atoms with Crippen LogP contribution in [0.2, 0.25) is 5.02 Å². The Morgan fingerprint density at radius 3 is 3.00 bits per heavy atom. The lowest BCUT2D eigenvalue weighted by Crippen LogP contribution is -2.34. The van der Waals surface area contributed by atoms with E-state index in [9.17, 15) is 4.79 Å². The Labute approximate surface area is 143 Å². The molecule has 1 atom stereocenters. The number of hydrogen-bond donors (Lipinski definition) is 2. The number of benzene rings is 1. The van der Waals surface area contributed by atoms with Crippen LogP contribution in [0.1, 0.15) is 24.8 Å². The molecule has 1 amide bonds. The van der Waals surface area contributed by atoms with Gasteiger partial charge in [0.2, 0.25) is 0 Å². The normalized spacial score (nSPS) is 17.5. The molecular formula is C16H24Cl2N2O2. The molecule has 1 heterocycles. The average Bonchev–Trinajstić information content (AvgIpc) is 2.49. The quantitative estimate of drug-likeness (QED) is 0.832. The van der Waals surface area contributed by atoms with Crippen LogP contribution in [0.4, 0.5) is 0 Å². The molecule has 6 heteroatoms. The van der Waals surface area contributed by atoms with E-state index >= 15 is 0 Å². The number of carbonyl (C=O) groups is 1. The Hall–Kier alpha value is -0.970. The van der Waals surface area contributed by atoms with E-state index in [1.165, 1.54) is 12.8 Å². The monoisotopic (exact) mass is 346 g/mol. The molecule has 1 saturated heterocycles. The summed E-state index contributed by atoms with van der Waals surface area (Å²) in [7, 11) is 0. The van der Waals surface area contributed by atoms with Crippen LogP contribution in [0.25, 0.3) is 0 Å². The van der Waals surface area contributed by atoms with Crippen LogP contribution in [0.15, 0.2) is 18.2 Å². The fourth-order valence-electron chi connectivity index (χ4n) is 2.49. The van der Waals surface area contributed by atoms with Gasteiger partial charge in [-0.15, -0.1) is 12.4 Å². The highest BCUT2D eigenvalue weighted by atomic mass is 35.5. The molecule has 0 bridgehead atoms. The lowest BCUT2D eigenvalue weighted by atomic mass is 9.96. The zero-order valence-electron chi connectivity index (χ0n) is 12.9. The summed E-state index contributed by atoms with van der Waals surface area (Å²) in [6.07, 6.45) is 3.51. The summed E-state index contributed by atoms with van der Waals surface area (Å²) >= 11 is 5.95. The summed E-state index contributed by atoms with van der Waals surface area (Å²) < 4.78 is 5.46. The smallest absolute Gasteiger partial charge is 0.257 e. The van der Waals surface area contributed by atoms with E-state index in [0.29, 0.717) is 23.2 Å². The standard InChI is InChI=1S/C16H23ClN2O2.ClH/c1-12-9-14(4-5-15(12)17)21-11-16(20)19-8-6-13-3-2-7-18-10-13;/h4-5,9,13,18H,2-3,6-8,10-11H2,1H3,(H,19,20);1H. The van der Waals surface area contributed by atoms with E-state index < -0.39 is 0 Å². The first kappa shape index (κ1) is 19.1. The highest BCUT2D eigenvalue weighted by Crippen LogP contribution is 2.20. The molecule has 4 nitrogen and oxygen atoms in total. The Morgan fingerprint density at radius 2 is 2.32 bits per heavy atom. The third kappa shape index (κ3) is 6.42. The van der Waals surface area contributed by atoms with Gasteiger partial charge in [-0.2, -0.15) is 0 Å². The summed E-state index contributed by atoms with van der Waals surface area (Å²) in [5, 5.41) is 6.99. The van der Waals surface area contributed by atoms with Crippen molar-refractivity contribution in [2.75, 3.05) is 26.2 Å². The molecule has 2 rings (SSSR count). The Morgan fingerprint density at radius 1 is 1.50 bits per heavy atom. The number of halogens is 2. The van der Waals surface area contributed by atoms with Crippen molar-refractivity contribution >= 4 is 29.9 Å². The van der Waals surface area contributed by atoms with Gasteiger partial charge in [-0.3, -0.25) is 4.79 Å². The maximum absolute atomic E-state index is 11.7. The number of ether oxygens (including phenoxy) is 1. The molecule has 1 aromatic carbocycles. The maximum atomic E-state index is 11.7. The van der Waals surface area contributed by atoms with Crippen LogP contribution in [0, 0.1) is 12.8 Å². The molecular weight excluding hydrogens is 323 g/mol. The average molecular weight is 347 g/mol. The summed E-state index contributed by atoms with van der Waals surface area (Å²) in [6.45, 7) is 4.86. The fraction of sp³-hybridized carbons (Fsp3) is 0.562. The van der Waals surface area contributed by atoms with Gasteiger partial charge in [0.1, 0.15) is 5.75 Å².